The zero-order valence-electron chi connectivity index (χ0n) is 13.5. The smallest absolute Gasteiger partial charge is 0.276 e. The van der Waals surface area contributed by atoms with Gasteiger partial charge in [0.05, 0.1) is 0 Å². The molecule has 2 aromatic rings. The molecule has 2 amide bonds. The Morgan fingerprint density at radius 1 is 1.00 bits per heavy atom. The van der Waals surface area contributed by atoms with Crippen LogP contribution in [-0.4, -0.2) is 18.4 Å². The lowest BCUT2D eigenvalue weighted by molar-refractivity contribution is -0.123. The first-order chi connectivity index (χ1) is 11.5. The number of carbonyl (C=O) groups excluding carboxylic acids is 2. The van der Waals surface area contributed by atoms with Gasteiger partial charge in [-0.1, -0.05) is 37.6 Å². The van der Waals surface area contributed by atoms with Crippen molar-refractivity contribution in [3.63, 3.8) is 0 Å². The van der Waals surface area contributed by atoms with Crippen molar-refractivity contribution in [3.8, 4) is 5.75 Å². The molecule has 5 nitrogen and oxygen atoms in total. The molecule has 0 spiro atoms. The molecule has 0 fully saturated rings. The molecule has 0 radical (unpaired) electrons. The minimum Gasteiger partial charge on any atom is -0.484 e. The fraction of sp³-hybridized carbons (Fsp3) is 0.222. The van der Waals surface area contributed by atoms with Crippen molar-refractivity contribution in [2.75, 3.05) is 6.61 Å². The van der Waals surface area contributed by atoms with Crippen LogP contribution in [0.4, 0.5) is 0 Å². The highest BCUT2D eigenvalue weighted by Crippen LogP contribution is 2.18. The minimum absolute atomic E-state index is 0.193. The van der Waals surface area contributed by atoms with Crippen molar-refractivity contribution >= 4 is 23.4 Å². The van der Waals surface area contributed by atoms with Crippen molar-refractivity contribution in [1.29, 1.82) is 0 Å². The molecule has 0 bridgehead atoms. The lowest BCUT2D eigenvalue weighted by Gasteiger charge is -2.10. The fourth-order valence-corrected chi connectivity index (χ4v) is 2.06. The van der Waals surface area contributed by atoms with E-state index in [1.165, 1.54) is 5.56 Å². The molecule has 2 rings (SSSR count). The summed E-state index contributed by atoms with van der Waals surface area (Å²) < 4.78 is 5.38. The third-order valence-electron chi connectivity index (χ3n) is 3.34. The first-order valence-corrected chi connectivity index (χ1v) is 7.91. The number of nitrogens with one attached hydrogen (secondary N) is 2. The van der Waals surface area contributed by atoms with Crippen LogP contribution < -0.4 is 15.6 Å². The Balaban J connectivity index is 1.77. The summed E-state index contributed by atoms with van der Waals surface area (Å²) in [6.07, 6.45) is 0. The Bertz CT molecular complexity index is 697. The van der Waals surface area contributed by atoms with E-state index in [0.717, 1.165) is 0 Å². The van der Waals surface area contributed by atoms with E-state index in [9.17, 15) is 9.59 Å². The number of benzene rings is 2. The van der Waals surface area contributed by atoms with Gasteiger partial charge in [0.2, 0.25) is 0 Å². The van der Waals surface area contributed by atoms with Crippen molar-refractivity contribution < 1.29 is 14.3 Å². The lowest BCUT2D eigenvalue weighted by atomic mass is 10.0. The maximum absolute atomic E-state index is 11.8. The molecule has 2 aromatic carbocycles. The highest BCUT2D eigenvalue weighted by molar-refractivity contribution is 6.30. The highest BCUT2D eigenvalue weighted by atomic mass is 35.5. The summed E-state index contributed by atoms with van der Waals surface area (Å²) in [5, 5.41) is 0.535. The standard InChI is InChI=1S/C18H19ClN2O3/c1-12(2)13-5-9-16(10-6-13)24-11-17(22)20-21-18(23)14-3-7-15(19)8-4-14/h3-10,12H,11H2,1-2H3,(H,20,22)(H,21,23). The van der Waals surface area contributed by atoms with Crippen molar-refractivity contribution in [1.82, 2.24) is 10.9 Å². The number of hydrogen-bond donors (Lipinski definition) is 2. The number of carbonyl (C=O) groups is 2. The topological polar surface area (TPSA) is 67.4 Å². The molecule has 0 saturated heterocycles. The monoisotopic (exact) mass is 346 g/mol. The first-order valence-electron chi connectivity index (χ1n) is 7.53. The van der Waals surface area contributed by atoms with Crippen LogP contribution in [0.5, 0.6) is 5.75 Å². The molecule has 0 aliphatic carbocycles. The van der Waals surface area contributed by atoms with E-state index >= 15 is 0 Å². The van der Waals surface area contributed by atoms with Crippen LogP contribution >= 0.6 is 11.6 Å². The van der Waals surface area contributed by atoms with Crippen LogP contribution in [0.1, 0.15) is 35.7 Å². The van der Waals surface area contributed by atoms with E-state index in [1.807, 2.05) is 24.3 Å². The Kier molecular flexibility index (Phi) is 6.21. The zero-order chi connectivity index (χ0) is 17.5. The summed E-state index contributed by atoms with van der Waals surface area (Å²) >= 11 is 5.75. The molecule has 0 aromatic heterocycles. The summed E-state index contributed by atoms with van der Waals surface area (Å²) in [5.74, 6) is 0.149. The fourth-order valence-electron chi connectivity index (χ4n) is 1.93. The van der Waals surface area contributed by atoms with Gasteiger partial charge in [0.15, 0.2) is 6.61 Å². The molecule has 0 saturated carbocycles. The van der Waals surface area contributed by atoms with Gasteiger partial charge in [-0.05, 0) is 47.9 Å². The van der Waals surface area contributed by atoms with Crippen LogP contribution in [0.15, 0.2) is 48.5 Å². The third kappa shape index (κ3) is 5.28. The van der Waals surface area contributed by atoms with Gasteiger partial charge in [0.1, 0.15) is 5.75 Å². The predicted molar refractivity (Wildman–Crippen MR) is 93.1 cm³/mol. The maximum atomic E-state index is 11.8. The molecule has 0 heterocycles. The van der Waals surface area contributed by atoms with Crippen LogP contribution in [-0.2, 0) is 4.79 Å². The molecule has 6 heteroatoms. The van der Waals surface area contributed by atoms with E-state index in [1.54, 1.807) is 24.3 Å². The number of rotatable bonds is 5. The molecule has 0 aliphatic rings. The van der Waals surface area contributed by atoms with E-state index in [2.05, 4.69) is 24.7 Å². The van der Waals surface area contributed by atoms with Crippen LogP contribution in [0.2, 0.25) is 5.02 Å². The number of halogens is 1. The quantitative estimate of drug-likeness (QED) is 0.816. The van der Waals surface area contributed by atoms with Crippen LogP contribution in [0.3, 0.4) is 0 Å². The first kappa shape index (κ1) is 17.8. The highest BCUT2D eigenvalue weighted by Gasteiger charge is 2.08. The Labute approximate surface area is 145 Å². The summed E-state index contributed by atoms with van der Waals surface area (Å²) in [6.45, 7) is 4.02. The largest absolute Gasteiger partial charge is 0.484 e. The zero-order valence-corrected chi connectivity index (χ0v) is 14.3. The van der Waals surface area contributed by atoms with Gasteiger partial charge >= 0.3 is 0 Å². The number of amides is 2. The molecule has 0 aliphatic heterocycles. The molecular formula is C18H19ClN2O3. The van der Waals surface area contributed by atoms with E-state index in [-0.39, 0.29) is 6.61 Å². The average molecular weight is 347 g/mol. The molecule has 0 atom stereocenters. The van der Waals surface area contributed by atoms with Gasteiger partial charge < -0.3 is 4.74 Å². The van der Waals surface area contributed by atoms with E-state index < -0.39 is 11.8 Å². The average Bonchev–Trinajstić information content (AvgIpc) is 2.58. The summed E-state index contributed by atoms with van der Waals surface area (Å²) in [7, 11) is 0. The Hall–Kier alpha value is -2.53. The molecular weight excluding hydrogens is 328 g/mol. The number of hydrazine groups is 1. The van der Waals surface area contributed by atoms with Gasteiger partial charge in [0, 0.05) is 10.6 Å². The summed E-state index contributed by atoms with van der Waals surface area (Å²) in [6, 6.07) is 13.9. The van der Waals surface area contributed by atoms with Gasteiger partial charge in [-0.3, -0.25) is 20.4 Å². The number of ether oxygens (including phenoxy) is 1. The SMILES string of the molecule is CC(C)c1ccc(OCC(=O)NNC(=O)c2ccc(Cl)cc2)cc1. The normalized spacial score (nSPS) is 10.3. The maximum Gasteiger partial charge on any atom is 0.276 e. The molecule has 0 unspecified atom stereocenters. The second-order valence-electron chi connectivity index (χ2n) is 5.52. The number of hydrogen-bond acceptors (Lipinski definition) is 3. The Morgan fingerprint density at radius 3 is 2.21 bits per heavy atom. The van der Waals surface area contributed by atoms with Crippen molar-refractivity contribution in [2.45, 2.75) is 19.8 Å². The second kappa shape index (κ2) is 8.36. The predicted octanol–water partition coefficient (Wildman–Crippen LogP) is 3.30. The van der Waals surface area contributed by atoms with Gasteiger partial charge in [0.25, 0.3) is 11.8 Å². The lowest BCUT2D eigenvalue weighted by Crippen LogP contribution is -2.43. The van der Waals surface area contributed by atoms with Crippen molar-refractivity contribution in [2.24, 2.45) is 0 Å². The van der Waals surface area contributed by atoms with Gasteiger partial charge in [-0.15, -0.1) is 0 Å². The second-order valence-corrected chi connectivity index (χ2v) is 5.96. The molecule has 2 N–H and O–H groups in total. The van der Waals surface area contributed by atoms with E-state index in [0.29, 0.717) is 22.3 Å². The third-order valence-corrected chi connectivity index (χ3v) is 3.59. The van der Waals surface area contributed by atoms with E-state index in [4.69, 9.17) is 16.3 Å². The van der Waals surface area contributed by atoms with Crippen LogP contribution in [0.25, 0.3) is 0 Å². The van der Waals surface area contributed by atoms with Gasteiger partial charge in [-0.2, -0.15) is 0 Å². The molecule has 24 heavy (non-hydrogen) atoms. The van der Waals surface area contributed by atoms with Crippen LogP contribution in [0, 0.1) is 0 Å². The van der Waals surface area contributed by atoms with Crippen molar-refractivity contribution in [3.05, 3.63) is 64.7 Å². The minimum atomic E-state index is -0.453. The van der Waals surface area contributed by atoms with Gasteiger partial charge in [-0.25, -0.2) is 0 Å². The summed E-state index contributed by atoms with van der Waals surface area (Å²) in [5.41, 5.74) is 6.21. The summed E-state index contributed by atoms with van der Waals surface area (Å²) in [4.78, 5) is 23.5. The molecule has 126 valence electrons. The Morgan fingerprint density at radius 2 is 1.62 bits per heavy atom.